The molecule has 0 saturated carbocycles. The molecule has 0 spiro atoms. The molecule has 0 aromatic carbocycles. The van der Waals surface area contributed by atoms with Crippen molar-refractivity contribution in [2.45, 2.75) is 12.8 Å². The lowest BCUT2D eigenvalue weighted by Gasteiger charge is -2.16. The molecule has 0 bridgehead atoms. The van der Waals surface area contributed by atoms with E-state index < -0.39 is 6.09 Å². The first-order valence-electron chi connectivity index (χ1n) is 5.92. The van der Waals surface area contributed by atoms with Crippen molar-refractivity contribution in [3.63, 3.8) is 0 Å². The molecule has 19 heavy (non-hydrogen) atoms. The highest BCUT2D eigenvalue weighted by molar-refractivity contribution is 7.10. The van der Waals surface area contributed by atoms with Crippen molar-refractivity contribution >= 4 is 23.3 Å². The molecular formula is C13H18N2O3S. The van der Waals surface area contributed by atoms with Gasteiger partial charge in [-0.25, -0.2) is 4.79 Å². The molecular weight excluding hydrogens is 264 g/mol. The maximum Gasteiger partial charge on any atom is 0.407 e. The topological polar surface area (TPSA) is 67.4 Å². The first kappa shape index (κ1) is 15.2. The number of hydrogen-bond acceptors (Lipinski definition) is 4. The number of carbonyl (C=O) groups is 2. The highest BCUT2D eigenvalue weighted by Crippen LogP contribution is 2.20. The summed E-state index contributed by atoms with van der Waals surface area (Å²) >= 11 is 1.59. The van der Waals surface area contributed by atoms with Gasteiger partial charge in [-0.15, -0.1) is 11.3 Å². The Kier molecular flexibility index (Phi) is 6.67. The number of hydrogen-bond donors (Lipinski definition) is 2. The number of carbonyl (C=O) groups excluding carboxylic acids is 2. The lowest BCUT2D eigenvalue weighted by Crippen LogP contribution is -2.34. The van der Waals surface area contributed by atoms with Crippen molar-refractivity contribution in [2.24, 2.45) is 0 Å². The minimum Gasteiger partial charge on any atom is -0.445 e. The van der Waals surface area contributed by atoms with Gasteiger partial charge in [0.15, 0.2) is 0 Å². The van der Waals surface area contributed by atoms with Gasteiger partial charge in [0.05, 0.1) is 0 Å². The van der Waals surface area contributed by atoms with Crippen LogP contribution in [0, 0.1) is 0 Å². The summed E-state index contributed by atoms with van der Waals surface area (Å²) in [5, 5.41) is 7.40. The third kappa shape index (κ3) is 6.05. The quantitative estimate of drug-likeness (QED) is 0.750. The summed E-state index contributed by atoms with van der Waals surface area (Å²) in [7, 11) is 0. The Labute approximate surface area is 116 Å². The predicted molar refractivity (Wildman–Crippen MR) is 75.3 cm³/mol. The van der Waals surface area contributed by atoms with E-state index in [9.17, 15) is 9.59 Å². The van der Waals surface area contributed by atoms with Crippen LogP contribution < -0.4 is 10.6 Å². The summed E-state index contributed by atoms with van der Waals surface area (Å²) in [5.74, 6) is -0.0454. The SMILES string of the molecule is C=CCOC(=O)NCC(CNC(C)=O)c1cccs1. The molecule has 2 amide bonds. The number of alkyl carbamates (subject to hydrolysis) is 1. The molecule has 0 fully saturated rings. The van der Waals surface area contributed by atoms with E-state index in [1.54, 1.807) is 11.3 Å². The Balaban J connectivity index is 2.47. The average Bonchev–Trinajstić information content (AvgIpc) is 2.89. The molecule has 1 unspecified atom stereocenters. The van der Waals surface area contributed by atoms with Crippen molar-refractivity contribution in [3.8, 4) is 0 Å². The largest absolute Gasteiger partial charge is 0.445 e. The Morgan fingerprint density at radius 3 is 2.79 bits per heavy atom. The second-order valence-corrected chi connectivity index (χ2v) is 4.90. The van der Waals surface area contributed by atoms with Gasteiger partial charge in [-0.05, 0) is 11.4 Å². The van der Waals surface area contributed by atoms with Crippen LogP contribution in [-0.2, 0) is 9.53 Å². The van der Waals surface area contributed by atoms with Crippen LogP contribution in [0.1, 0.15) is 17.7 Å². The molecule has 0 saturated heterocycles. The molecule has 1 aromatic heterocycles. The van der Waals surface area contributed by atoms with Gasteiger partial charge in [0.25, 0.3) is 0 Å². The van der Waals surface area contributed by atoms with Crippen LogP contribution in [0.3, 0.4) is 0 Å². The maximum atomic E-state index is 11.3. The second kappa shape index (κ2) is 8.31. The number of thiophene rings is 1. The summed E-state index contributed by atoms with van der Waals surface area (Å²) in [4.78, 5) is 23.4. The van der Waals surface area contributed by atoms with E-state index in [1.165, 1.54) is 13.0 Å². The maximum absolute atomic E-state index is 11.3. The highest BCUT2D eigenvalue weighted by Gasteiger charge is 2.14. The minimum absolute atomic E-state index is 0.0418. The fraction of sp³-hybridized carbons (Fsp3) is 0.385. The van der Waals surface area contributed by atoms with Crippen molar-refractivity contribution in [1.82, 2.24) is 10.6 Å². The molecule has 1 rings (SSSR count). The first-order valence-corrected chi connectivity index (χ1v) is 6.80. The number of amides is 2. The van der Waals surface area contributed by atoms with E-state index in [0.29, 0.717) is 13.1 Å². The molecule has 6 heteroatoms. The molecule has 1 aromatic rings. The predicted octanol–water partition coefficient (Wildman–Crippen LogP) is 1.88. The molecule has 1 atom stereocenters. The number of rotatable bonds is 7. The van der Waals surface area contributed by atoms with E-state index in [1.807, 2.05) is 17.5 Å². The minimum atomic E-state index is -0.482. The van der Waals surface area contributed by atoms with Gasteiger partial charge in [0, 0.05) is 30.8 Å². The zero-order chi connectivity index (χ0) is 14.1. The Morgan fingerprint density at radius 2 is 2.21 bits per heavy atom. The summed E-state index contributed by atoms with van der Waals surface area (Å²) in [5.41, 5.74) is 0. The zero-order valence-electron chi connectivity index (χ0n) is 10.8. The van der Waals surface area contributed by atoms with Crippen molar-refractivity contribution in [2.75, 3.05) is 19.7 Å². The molecule has 0 aliphatic heterocycles. The fourth-order valence-corrected chi connectivity index (χ4v) is 2.29. The van der Waals surface area contributed by atoms with Crippen LogP contribution in [0.15, 0.2) is 30.2 Å². The fourth-order valence-electron chi connectivity index (χ4n) is 1.46. The van der Waals surface area contributed by atoms with Crippen LogP contribution >= 0.6 is 11.3 Å². The summed E-state index contributed by atoms with van der Waals surface area (Å²) in [6, 6.07) is 3.92. The molecule has 5 nitrogen and oxygen atoms in total. The van der Waals surface area contributed by atoms with E-state index in [0.717, 1.165) is 4.88 Å². The second-order valence-electron chi connectivity index (χ2n) is 3.92. The zero-order valence-corrected chi connectivity index (χ0v) is 11.7. The average molecular weight is 282 g/mol. The lowest BCUT2D eigenvalue weighted by atomic mass is 10.1. The van der Waals surface area contributed by atoms with E-state index in [2.05, 4.69) is 17.2 Å². The first-order chi connectivity index (χ1) is 9.13. The standard InChI is InChI=1S/C13H18N2O3S/c1-3-6-18-13(17)15-9-11(8-14-10(2)16)12-5-4-7-19-12/h3-5,7,11H,1,6,8-9H2,2H3,(H,14,16)(H,15,17). The van der Waals surface area contributed by atoms with Crippen molar-refractivity contribution < 1.29 is 14.3 Å². The van der Waals surface area contributed by atoms with Gasteiger partial charge < -0.3 is 15.4 Å². The Morgan fingerprint density at radius 1 is 1.47 bits per heavy atom. The Bertz CT molecular complexity index is 418. The summed E-state index contributed by atoms with van der Waals surface area (Å²) in [6.07, 6.45) is 1.03. The van der Waals surface area contributed by atoms with Gasteiger partial charge >= 0.3 is 6.09 Å². The lowest BCUT2D eigenvalue weighted by molar-refractivity contribution is -0.119. The van der Waals surface area contributed by atoms with Crippen molar-refractivity contribution in [3.05, 3.63) is 35.0 Å². The molecule has 1 heterocycles. The third-order valence-electron chi connectivity index (χ3n) is 2.37. The normalized spacial score (nSPS) is 11.4. The van der Waals surface area contributed by atoms with E-state index in [-0.39, 0.29) is 18.4 Å². The van der Waals surface area contributed by atoms with Gasteiger partial charge in [0.1, 0.15) is 6.61 Å². The van der Waals surface area contributed by atoms with E-state index in [4.69, 9.17) is 4.74 Å². The van der Waals surface area contributed by atoms with Gasteiger partial charge in [-0.1, -0.05) is 18.7 Å². The van der Waals surface area contributed by atoms with Crippen LogP contribution in [0.2, 0.25) is 0 Å². The number of ether oxygens (including phenoxy) is 1. The van der Waals surface area contributed by atoms with Crippen LogP contribution in [0.4, 0.5) is 4.79 Å². The molecule has 0 aliphatic carbocycles. The van der Waals surface area contributed by atoms with Crippen LogP contribution in [0.5, 0.6) is 0 Å². The smallest absolute Gasteiger partial charge is 0.407 e. The van der Waals surface area contributed by atoms with Crippen LogP contribution in [-0.4, -0.2) is 31.7 Å². The number of nitrogens with one attached hydrogen (secondary N) is 2. The van der Waals surface area contributed by atoms with Gasteiger partial charge in [0.2, 0.25) is 5.91 Å². The summed E-state index contributed by atoms with van der Waals surface area (Å²) in [6.45, 7) is 6.01. The third-order valence-corrected chi connectivity index (χ3v) is 3.40. The molecule has 2 N–H and O–H groups in total. The molecule has 104 valence electrons. The van der Waals surface area contributed by atoms with Gasteiger partial charge in [-0.3, -0.25) is 4.79 Å². The molecule has 0 radical (unpaired) electrons. The van der Waals surface area contributed by atoms with Crippen LogP contribution in [0.25, 0.3) is 0 Å². The highest BCUT2D eigenvalue weighted by atomic mass is 32.1. The Hall–Kier alpha value is -1.82. The monoisotopic (exact) mass is 282 g/mol. The van der Waals surface area contributed by atoms with Gasteiger partial charge in [-0.2, -0.15) is 0 Å². The van der Waals surface area contributed by atoms with E-state index >= 15 is 0 Å². The molecule has 0 aliphatic rings. The van der Waals surface area contributed by atoms with Crippen molar-refractivity contribution in [1.29, 1.82) is 0 Å². The summed E-state index contributed by atoms with van der Waals surface area (Å²) < 4.78 is 4.83.